The third-order valence-corrected chi connectivity index (χ3v) is 2.95. The normalized spacial score (nSPS) is 24.2. The molecule has 0 aliphatic heterocycles. The van der Waals surface area contributed by atoms with Crippen LogP contribution in [0.25, 0.3) is 0 Å². The number of rotatable bonds is 4. The minimum atomic E-state index is -0.792. The first-order valence-electron chi connectivity index (χ1n) is 4.43. The van der Waals surface area contributed by atoms with E-state index in [2.05, 4.69) is 0 Å². The van der Waals surface area contributed by atoms with Crippen LogP contribution >= 0.6 is 0 Å². The van der Waals surface area contributed by atoms with Gasteiger partial charge in [0.15, 0.2) is 0 Å². The second-order valence-corrected chi connectivity index (χ2v) is 3.49. The van der Waals surface area contributed by atoms with Crippen molar-refractivity contribution in [1.29, 1.82) is 0 Å². The molecule has 3 N–H and O–H groups in total. The van der Waals surface area contributed by atoms with E-state index in [0.717, 1.165) is 0 Å². The van der Waals surface area contributed by atoms with Crippen LogP contribution in [0.1, 0.15) is 34.1 Å². The molecule has 3 heteroatoms. The summed E-state index contributed by atoms with van der Waals surface area (Å²) in [6.07, 6.45) is -1.56. The standard InChI is InChI=1S/C9H20O3/c1-5-9(6(2)10,7(3)11)8(4)12/h6-8,10-12H,5H2,1-4H3. The molecule has 0 aromatic rings. The van der Waals surface area contributed by atoms with E-state index in [4.69, 9.17) is 0 Å². The minimum Gasteiger partial charge on any atom is -0.393 e. The lowest BCUT2D eigenvalue weighted by molar-refractivity contribution is -0.123. The van der Waals surface area contributed by atoms with Crippen LogP contribution < -0.4 is 0 Å². The van der Waals surface area contributed by atoms with Crippen molar-refractivity contribution in [3.8, 4) is 0 Å². The van der Waals surface area contributed by atoms with Crippen molar-refractivity contribution in [3.63, 3.8) is 0 Å². The summed E-state index contributed by atoms with van der Waals surface area (Å²) in [6, 6.07) is 0. The molecule has 3 nitrogen and oxygen atoms in total. The number of aliphatic hydroxyl groups is 3. The van der Waals surface area contributed by atoms with Crippen LogP contribution in [-0.4, -0.2) is 33.6 Å². The third-order valence-electron chi connectivity index (χ3n) is 2.95. The zero-order valence-electron chi connectivity index (χ0n) is 8.28. The first kappa shape index (κ1) is 11.9. The molecule has 0 spiro atoms. The summed E-state index contributed by atoms with van der Waals surface area (Å²) in [5.74, 6) is 0. The topological polar surface area (TPSA) is 60.7 Å². The lowest BCUT2D eigenvalue weighted by Crippen LogP contribution is -2.50. The van der Waals surface area contributed by atoms with Crippen LogP contribution in [0.5, 0.6) is 0 Å². The lowest BCUT2D eigenvalue weighted by Gasteiger charge is -2.40. The fourth-order valence-electron chi connectivity index (χ4n) is 1.93. The maximum absolute atomic E-state index is 9.48. The summed E-state index contributed by atoms with van der Waals surface area (Å²) < 4.78 is 0. The van der Waals surface area contributed by atoms with Gasteiger partial charge in [0, 0.05) is 5.41 Å². The van der Waals surface area contributed by atoms with Crippen molar-refractivity contribution in [2.24, 2.45) is 5.41 Å². The Balaban J connectivity index is 4.77. The molecule has 0 saturated carbocycles. The van der Waals surface area contributed by atoms with Gasteiger partial charge in [0.2, 0.25) is 0 Å². The molecule has 0 fully saturated rings. The second kappa shape index (κ2) is 4.21. The summed E-state index contributed by atoms with van der Waals surface area (Å²) in [5.41, 5.74) is -0.792. The van der Waals surface area contributed by atoms with E-state index in [1.807, 2.05) is 6.92 Å². The van der Waals surface area contributed by atoms with Gasteiger partial charge >= 0.3 is 0 Å². The maximum atomic E-state index is 9.48. The fraction of sp³-hybridized carbons (Fsp3) is 1.00. The van der Waals surface area contributed by atoms with Crippen molar-refractivity contribution >= 4 is 0 Å². The predicted octanol–water partition coefficient (Wildman–Crippen LogP) is 0.525. The van der Waals surface area contributed by atoms with Crippen LogP contribution in [0.15, 0.2) is 0 Å². The monoisotopic (exact) mass is 176 g/mol. The average molecular weight is 176 g/mol. The molecular formula is C9H20O3. The van der Waals surface area contributed by atoms with Crippen LogP contribution in [0.4, 0.5) is 0 Å². The van der Waals surface area contributed by atoms with Gasteiger partial charge in [-0.3, -0.25) is 0 Å². The van der Waals surface area contributed by atoms with Gasteiger partial charge in [0.05, 0.1) is 18.3 Å². The van der Waals surface area contributed by atoms with Crippen LogP contribution in [0.3, 0.4) is 0 Å². The highest BCUT2D eigenvalue weighted by Gasteiger charge is 2.42. The molecule has 0 rings (SSSR count). The molecule has 0 aromatic heterocycles. The van der Waals surface area contributed by atoms with Gasteiger partial charge in [0.1, 0.15) is 0 Å². The van der Waals surface area contributed by atoms with Gasteiger partial charge in [-0.1, -0.05) is 6.92 Å². The van der Waals surface area contributed by atoms with Gasteiger partial charge in [-0.2, -0.15) is 0 Å². The molecular weight excluding hydrogens is 156 g/mol. The van der Waals surface area contributed by atoms with E-state index in [9.17, 15) is 15.3 Å². The molecule has 0 aliphatic carbocycles. The van der Waals surface area contributed by atoms with E-state index >= 15 is 0 Å². The zero-order chi connectivity index (χ0) is 9.94. The third kappa shape index (κ3) is 1.79. The zero-order valence-corrected chi connectivity index (χ0v) is 8.28. The summed E-state index contributed by atoms with van der Waals surface area (Å²) in [5, 5.41) is 28.5. The van der Waals surface area contributed by atoms with E-state index in [1.54, 1.807) is 20.8 Å². The van der Waals surface area contributed by atoms with Crippen molar-refractivity contribution in [2.75, 3.05) is 0 Å². The Hall–Kier alpha value is -0.120. The largest absolute Gasteiger partial charge is 0.393 e. The molecule has 0 aromatic carbocycles. The van der Waals surface area contributed by atoms with Gasteiger partial charge in [-0.25, -0.2) is 0 Å². The van der Waals surface area contributed by atoms with E-state index in [1.165, 1.54) is 0 Å². The number of hydrogen-bond acceptors (Lipinski definition) is 3. The summed E-state index contributed by atoms with van der Waals surface area (Å²) in [4.78, 5) is 0. The molecule has 0 aliphatic rings. The summed E-state index contributed by atoms with van der Waals surface area (Å²) in [6.45, 7) is 6.65. The Morgan fingerprint density at radius 2 is 1.17 bits per heavy atom. The smallest absolute Gasteiger partial charge is 0.0617 e. The molecule has 0 bridgehead atoms. The molecule has 3 atom stereocenters. The van der Waals surface area contributed by atoms with Crippen molar-refractivity contribution in [2.45, 2.75) is 52.4 Å². The fourth-order valence-corrected chi connectivity index (χ4v) is 1.93. The Morgan fingerprint density at radius 3 is 1.17 bits per heavy atom. The minimum absolute atomic E-state index is 0.556. The van der Waals surface area contributed by atoms with Crippen LogP contribution in [0.2, 0.25) is 0 Å². The first-order valence-corrected chi connectivity index (χ1v) is 4.43. The highest BCUT2D eigenvalue weighted by molar-refractivity contribution is 4.92. The summed E-state index contributed by atoms with van der Waals surface area (Å²) >= 11 is 0. The molecule has 74 valence electrons. The van der Waals surface area contributed by atoms with Crippen LogP contribution in [-0.2, 0) is 0 Å². The highest BCUT2D eigenvalue weighted by Crippen LogP contribution is 2.34. The van der Waals surface area contributed by atoms with Gasteiger partial charge in [0.25, 0.3) is 0 Å². The maximum Gasteiger partial charge on any atom is 0.0617 e. The quantitative estimate of drug-likeness (QED) is 0.585. The molecule has 12 heavy (non-hydrogen) atoms. The average Bonchev–Trinajstić information content (AvgIpc) is 1.86. The first-order chi connectivity index (χ1) is 5.39. The molecule has 0 saturated heterocycles. The molecule has 0 heterocycles. The van der Waals surface area contributed by atoms with Gasteiger partial charge in [-0.05, 0) is 27.2 Å². The van der Waals surface area contributed by atoms with E-state index < -0.39 is 23.7 Å². The molecule has 0 radical (unpaired) electrons. The van der Waals surface area contributed by atoms with Crippen LogP contribution in [0, 0.1) is 5.41 Å². The Bertz CT molecular complexity index is 108. The second-order valence-electron chi connectivity index (χ2n) is 3.49. The van der Waals surface area contributed by atoms with Crippen molar-refractivity contribution in [3.05, 3.63) is 0 Å². The van der Waals surface area contributed by atoms with Crippen molar-refractivity contribution < 1.29 is 15.3 Å². The van der Waals surface area contributed by atoms with Crippen molar-refractivity contribution in [1.82, 2.24) is 0 Å². The SMILES string of the molecule is CCC(C(C)O)(C(C)O)C(C)O. The Labute approximate surface area is 74.0 Å². The van der Waals surface area contributed by atoms with Gasteiger partial charge in [-0.15, -0.1) is 0 Å². The summed E-state index contributed by atoms with van der Waals surface area (Å²) in [7, 11) is 0. The van der Waals surface area contributed by atoms with E-state index in [0.29, 0.717) is 6.42 Å². The molecule has 0 amide bonds. The van der Waals surface area contributed by atoms with E-state index in [-0.39, 0.29) is 0 Å². The Morgan fingerprint density at radius 1 is 0.917 bits per heavy atom. The predicted molar refractivity (Wildman–Crippen MR) is 47.8 cm³/mol. The number of aliphatic hydroxyl groups excluding tert-OH is 3. The lowest BCUT2D eigenvalue weighted by atomic mass is 9.71. The molecule has 3 unspecified atom stereocenters. The van der Waals surface area contributed by atoms with Gasteiger partial charge < -0.3 is 15.3 Å². The highest BCUT2D eigenvalue weighted by atomic mass is 16.3. The Kier molecular flexibility index (Phi) is 4.17. The number of hydrogen-bond donors (Lipinski definition) is 3.